The molecule has 2 aromatic rings. The maximum atomic E-state index is 13.5. The molecule has 106 valence electrons. The maximum Gasteiger partial charge on any atom is 0.265 e. The minimum Gasteiger partial charge on any atom is -0.495 e. The van der Waals surface area contributed by atoms with Crippen molar-refractivity contribution in [2.45, 2.75) is 4.90 Å². The van der Waals surface area contributed by atoms with Gasteiger partial charge >= 0.3 is 0 Å². The Hall–Kier alpha value is -1.60. The minimum absolute atomic E-state index is 0.0716. The number of halogens is 2. The zero-order valence-corrected chi connectivity index (χ0v) is 12.8. The summed E-state index contributed by atoms with van der Waals surface area (Å²) in [5.74, 6) is -0.470. The third kappa shape index (κ3) is 3.10. The standard InChI is InChI=1S/C13H11BrFNO3S/c1-19-12-7-6-9(14)8-13(12)20(17,18)16-11-5-3-2-4-10(11)15/h2-8,16H,1H3. The first-order valence-corrected chi connectivity index (χ1v) is 7.82. The summed E-state index contributed by atoms with van der Waals surface area (Å²) in [6.45, 7) is 0. The highest BCUT2D eigenvalue weighted by Gasteiger charge is 2.21. The Labute approximate surface area is 124 Å². The normalized spacial score (nSPS) is 11.2. The largest absolute Gasteiger partial charge is 0.495 e. The predicted molar refractivity (Wildman–Crippen MR) is 77.9 cm³/mol. The van der Waals surface area contributed by atoms with Gasteiger partial charge in [0.1, 0.15) is 16.5 Å². The van der Waals surface area contributed by atoms with Crippen molar-refractivity contribution in [1.29, 1.82) is 0 Å². The summed E-state index contributed by atoms with van der Waals surface area (Å²) < 4.78 is 45.9. The van der Waals surface area contributed by atoms with Crippen molar-refractivity contribution in [3.8, 4) is 5.75 Å². The van der Waals surface area contributed by atoms with E-state index in [1.807, 2.05) is 0 Å². The van der Waals surface area contributed by atoms with Gasteiger partial charge in [0.15, 0.2) is 0 Å². The minimum atomic E-state index is -3.95. The average molecular weight is 360 g/mol. The van der Waals surface area contributed by atoms with Gasteiger partial charge in [-0.2, -0.15) is 0 Å². The zero-order valence-electron chi connectivity index (χ0n) is 10.4. The van der Waals surface area contributed by atoms with Gasteiger partial charge in [-0.05, 0) is 30.3 Å². The third-order valence-electron chi connectivity index (χ3n) is 2.53. The fraction of sp³-hybridized carbons (Fsp3) is 0.0769. The molecule has 0 fully saturated rings. The topological polar surface area (TPSA) is 55.4 Å². The molecule has 0 aliphatic carbocycles. The van der Waals surface area contributed by atoms with Crippen LogP contribution in [0.2, 0.25) is 0 Å². The van der Waals surface area contributed by atoms with Crippen LogP contribution >= 0.6 is 15.9 Å². The highest BCUT2D eigenvalue weighted by atomic mass is 79.9. The van der Waals surface area contributed by atoms with E-state index < -0.39 is 15.8 Å². The van der Waals surface area contributed by atoms with Crippen LogP contribution < -0.4 is 9.46 Å². The molecule has 0 unspecified atom stereocenters. The van der Waals surface area contributed by atoms with Gasteiger partial charge in [0.25, 0.3) is 10.0 Å². The number of sulfonamides is 1. The van der Waals surface area contributed by atoms with E-state index in [1.54, 1.807) is 12.1 Å². The first-order chi connectivity index (χ1) is 9.44. The molecule has 0 aromatic heterocycles. The van der Waals surface area contributed by atoms with Crippen LogP contribution in [-0.4, -0.2) is 15.5 Å². The fourth-order valence-electron chi connectivity index (χ4n) is 1.60. The Balaban J connectivity index is 2.46. The molecule has 4 nitrogen and oxygen atoms in total. The lowest BCUT2D eigenvalue weighted by Gasteiger charge is -2.12. The lowest BCUT2D eigenvalue weighted by atomic mass is 10.3. The Kier molecular flexibility index (Phi) is 4.29. The molecule has 2 rings (SSSR count). The highest BCUT2D eigenvalue weighted by Crippen LogP contribution is 2.29. The molecule has 0 aliphatic heterocycles. The summed E-state index contributed by atoms with van der Waals surface area (Å²) in [5.41, 5.74) is -0.116. The Morgan fingerprint density at radius 2 is 1.90 bits per heavy atom. The zero-order chi connectivity index (χ0) is 14.8. The number of methoxy groups -OCH3 is 1. The van der Waals surface area contributed by atoms with Crippen LogP contribution in [-0.2, 0) is 10.0 Å². The number of anilines is 1. The van der Waals surface area contributed by atoms with Gasteiger partial charge in [0, 0.05) is 4.47 Å². The second kappa shape index (κ2) is 5.80. The van der Waals surface area contributed by atoms with Gasteiger partial charge in [0.2, 0.25) is 0 Å². The molecule has 0 aliphatic rings. The fourth-order valence-corrected chi connectivity index (χ4v) is 3.38. The van der Waals surface area contributed by atoms with Gasteiger partial charge < -0.3 is 4.74 Å². The van der Waals surface area contributed by atoms with E-state index in [2.05, 4.69) is 20.7 Å². The van der Waals surface area contributed by atoms with Gasteiger partial charge in [-0.15, -0.1) is 0 Å². The van der Waals surface area contributed by atoms with Crippen molar-refractivity contribution in [1.82, 2.24) is 0 Å². The molecule has 7 heteroatoms. The number of benzene rings is 2. The van der Waals surface area contributed by atoms with Crippen LogP contribution in [0.3, 0.4) is 0 Å². The summed E-state index contributed by atoms with van der Waals surface area (Å²) in [4.78, 5) is -0.0716. The summed E-state index contributed by atoms with van der Waals surface area (Å²) >= 11 is 3.20. The van der Waals surface area contributed by atoms with Gasteiger partial charge in [-0.3, -0.25) is 4.72 Å². The molecule has 0 spiro atoms. The maximum absolute atomic E-state index is 13.5. The summed E-state index contributed by atoms with van der Waals surface area (Å²) in [6.07, 6.45) is 0. The van der Waals surface area contributed by atoms with Crippen LogP contribution in [0.4, 0.5) is 10.1 Å². The van der Waals surface area contributed by atoms with Gasteiger partial charge in [-0.1, -0.05) is 28.1 Å². The molecule has 0 amide bonds. The molecule has 0 saturated carbocycles. The van der Waals surface area contributed by atoms with Crippen molar-refractivity contribution in [2.24, 2.45) is 0 Å². The SMILES string of the molecule is COc1ccc(Br)cc1S(=O)(=O)Nc1ccccc1F. The highest BCUT2D eigenvalue weighted by molar-refractivity contribution is 9.10. The summed E-state index contributed by atoms with van der Waals surface area (Å²) in [5, 5.41) is 0. The molecular weight excluding hydrogens is 349 g/mol. The number of rotatable bonds is 4. The molecule has 2 aromatic carbocycles. The first kappa shape index (κ1) is 14.8. The molecular formula is C13H11BrFNO3S. The lowest BCUT2D eigenvalue weighted by molar-refractivity contribution is 0.402. The van der Waals surface area contributed by atoms with Gasteiger partial charge in [-0.25, -0.2) is 12.8 Å². The molecule has 20 heavy (non-hydrogen) atoms. The molecule has 0 heterocycles. The lowest BCUT2D eigenvalue weighted by Crippen LogP contribution is -2.15. The van der Waals surface area contributed by atoms with Crippen LogP contribution in [0.5, 0.6) is 5.75 Å². The van der Waals surface area contributed by atoms with Crippen LogP contribution in [0.15, 0.2) is 51.8 Å². The van der Waals surface area contributed by atoms with E-state index in [4.69, 9.17) is 4.74 Å². The van der Waals surface area contributed by atoms with Crippen molar-refractivity contribution in [2.75, 3.05) is 11.8 Å². The van der Waals surface area contributed by atoms with E-state index in [-0.39, 0.29) is 16.3 Å². The van der Waals surface area contributed by atoms with E-state index in [0.29, 0.717) is 4.47 Å². The van der Waals surface area contributed by atoms with Crippen LogP contribution in [0.25, 0.3) is 0 Å². The second-order valence-corrected chi connectivity index (χ2v) is 6.45. The quantitative estimate of drug-likeness (QED) is 0.909. The molecule has 1 N–H and O–H groups in total. The smallest absolute Gasteiger partial charge is 0.265 e. The first-order valence-electron chi connectivity index (χ1n) is 5.55. The van der Waals surface area contributed by atoms with E-state index in [0.717, 1.165) is 0 Å². The van der Waals surface area contributed by atoms with Crippen molar-refractivity contribution >= 4 is 31.6 Å². The van der Waals surface area contributed by atoms with Crippen molar-refractivity contribution < 1.29 is 17.5 Å². The monoisotopic (exact) mass is 359 g/mol. The van der Waals surface area contributed by atoms with Crippen LogP contribution in [0.1, 0.15) is 0 Å². The van der Waals surface area contributed by atoms with Crippen LogP contribution in [0, 0.1) is 5.82 Å². The molecule has 0 bridgehead atoms. The number of hydrogen-bond donors (Lipinski definition) is 1. The molecule has 0 radical (unpaired) electrons. The summed E-state index contributed by atoms with van der Waals surface area (Å²) in [6, 6.07) is 10.1. The Bertz CT molecular complexity index is 734. The van der Waals surface area contributed by atoms with E-state index in [1.165, 1.54) is 37.4 Å². The second-order valence-electron chi connectivity index (χ2n) is 3.88. The average Bonchev–Trinajstić information content (AvgIpc) is 2.41. The Morgan fingerprint density at radius 1 is 1.20 bits per heavy atom. The number of ether oxygens (including phenoxy) is 1. The number of hydrogen-bond acceptors (Lipinski definition) is 3. The molecule has 0 saturated heterocycles. The van der Waals surface area contributed by atoms with Crippen molar-refractivity contribution in [3.05, 3.63) is 52.8 Å². The Morgan fingerprint density at radius 3 is 2.55 bits per heavy atom. The summed E-state index contributed by atoms with van der Waals surface area (Å²) in [7, 11) is -2.58. The number of nitrogens with one attached hydrogen (secondary N) is 1. The molecule has 0 atom stereocenters. The van der Waals surface area contributed by atoms with Gasteiger partial charge in [0.05, 0.1) is 12.8 Å². The third-order valence-corrected chi connectivity index (χ3v) is 4.41. The van der Waals surface area contributed by atoms with E-state index in [9.17, 15) is 12.8 Å². The predicted octanol–water partition coefficient (Wildman–Crippen LogP) is 3.40. The van der Waals surface area contributed by atoms with Crippen molar-refractivity contribution in [3.63, 3.8) is 0 Å². The van der Waals surface area contributed by atoms with E-state index >= 15 is 0 Å². The number of para-hydroxylation sites is 1.